The minimum absolute atomic E-state index is 0.348. The van der Waals surface area contributed by atoms with Crippen LogP contribution >= 0.6 is 0 Å². The standard InChI is InChI=1S/C12H11F9N2O2/c13-5-4-10(14,15)9(24)6-7(5)23(22-8(6)11(16,17)18)2-1-3-25-12(19,20)21/h5,9,24H,1-4H2/t5-,9-/m0/s1. The van der Waals surface area contributed by atoms with E-state index in [1.165, 1.54) is 0 Å². The van der Waals surface area contributed by atoms with Gasteiger partial charge in [0.05, 0.1) is 18.7 Å². The van der Waals surface area contributed by atoms with E-state index in [1.54, 1.807) is 0 Å². The van der Waals surface area contributed by atoms with Gasteiger partial charge in [-0.3, -0.25) is 9.42 Å². The lowest BCUT2D eigenvalue weighted by Crippen LogP contribution is -2.34. The van der Waals surface area contributed by atoms with Crippen molar-refractivity contribution in [3.8, 4) is 0 Å². The van der Waals surface area contributed by atoms with Gasteiger partial charge < -0.3 is 5.11 Å². The second-order valence-electron chi connectivity index (χ2n) is 5.35. The maximum atomic E-state index is 14.0. The third-order valence-corrected chi connectivity index (χ3v) is 3.50. The second-order valence-corrected chi connectivity index (χ2v) is 5.35. The second kappa shape index (κ2) is 6.34. The van der Waals surface area contributed by atoms with Crippen molar-refractivity contribution in [3.63, 3.8) is 0 Å². The smallest absolute Gasteiger partial charge is 0.382 e. The summed E-state index contributed by atoms with van der Waals surface area (Å²) in [4.78, 5) is 0. The largest absolute Gasteiger partial charge is 0.522 e. The lowest BCUT2D eigenvalue weighted by molar-refractivity contribution is -0.324. The van der Waals surface area contributed by atoms with Crippen LogP contribution < -0.4 is 0 Å². The van der Waals surface area contributed by atoms with E-state index in [9.17, 15) is 44.6 Å². The van der Waals surface area contributed by atoms with Crippen LogP contribution in [0.5, 0.6) is 0 Å². The quantitative estimate of drug-likeness (QED) is 0.631. The summed E-state index contributed by atoms with van der Waals surface area (Å²) in [6.07, 6.45) is -17.8. The van der Waals surface area contributed by atoms with Crippen LogP contribution in [0, 0.1) is 0 Å². The van der Waals surface area contributed by atoms with E-state index in [0.717, 1.165) is 0 Å². The van der Waals surface area contributed by atoms with Gasteiger partial charge in [0.2, 0.25) is 0 Å². The molecular formula is C12H11F9N2O2. The maximum Gasteiger partial charge on any atom is 0.522 e. The predicted octanol–water partition coefficient (Wildman–Crippen LogP) is 3.91. The molecule has 0 radical (unpaired) electrons. The molecule has 2 rings (SSSR count). The highest BCUT2D eigenvalue weighted by Crippen LogP contribution is 2.51. The number of alkyl halides is 9. The summed E-state index contributed by atoms with van der Waals surface area (Å²) in [5.74, 6) is -4.14. The number of rotatable bonds is 4. The molecule has 0 amide bonds. The van der Waals surface area contributed by atoms with Crippen molar-refractivity contribution in [2.45, 2.75) is 50.1 Å². The fourth-order valence-electron chi connectivity index (χ4n) is 2.53. The van der Waals surface area contributed by atoms with E-state index < -0.39 is 73.7 Å². The van der Waals surface area contributed by atoms with Crippen LogP contribution in [0.1, 0.15) is 42.1 Å². The molecule has 144 valence electrons. The number of fused-ring (bicyclic) bond motifs is 1. The molecule has 1 aliphatic carbocycles. The van der Waals surface area contributed by atoms with Gasteiger partial charge in [-0.25, -0.2) is 13.2 Å². The van der Waals surface area contributed by atoms with Crippen LogP contribution in [-0.4, -0.2) is 33.8 Å². The molecule has 0 aliphatic heterocycles. The molecule has 1 aliphatic rings. The lowest BCUT2D eigenvalue weighted by atomic mass is 9.88. The van der Waals surface area contributed by atoms with E-state index in [0.29, 0.717) is 4.68 Å². The molecule has 0 bridgehead atoms. The van der Waals surface area contributed by atoms with Crippen molar-refractivity contribution < 1.29 is 49.4 Å². The van der Waals surface area contributed by atoms with Crippen molar-refractivity contribution >= 4 is 0 Å². The van der Waals surface area contributed by atoms with Crippen molar-refractivity contribution in [2.75, 3.05) is 6.61 Å². The van der Waals surface area contributed by atoms with Crippen molar-refractivity contribution in [1.29, 1.82) is 0 Å². The number of aliphatic hydroxyl groups is 1. The Kier molecular flexibility index (Phi) is 5.03. The number of hydrogen-bond donors (Lipinski definition) is 1. The first-order valence-corrected chi connectivity index (χ1v) is 6.82. The Morgan fingerprint density at radius 3 is 2.32 bits per heavy atom. The monoisotopic (exact) mass is 386 g/mol. The molecule has 25 heavy (non-hydrogen) atoms. The van der Waals surface area contributed by atoms with Crippen LogP contribution in [-0.2, 0) is 17.5 Å². The molecule has 0 saturated carbocycles. The van der Waals surface area contributed by atoms with E-state index in [1.807, 2.05) is 0 Å². The van der Waals surface area contributed by atoms with Crippen LogP contribution in [0.3, 0.4) is 0 Å². The Hall–Kier alpha value is -1.50. The number of hydrogen-bond acceptors (Lipinski definition) is 3. The summed E-state index contributed by atoms with van der Waals surface area (Å²) in [5, 5.41) is 12.5. The number of halogens is 9. The lowest BCUT2D eigenvalue weighted by Gasteiger charge is -2.30. The fraction of sp³-hybridized carbons (Fsp3) is 0.750. The molecule has 0 unspecified atom stereocenters. The topological polar surface area (TPSA) is 47.3 Å². The van der Waals surface area contributed by atoms with Crippen LogP contribution in [0.4, 0.5) is 39.5 Å². The Balaban J connectivity index is 2.34. The maximum absolute atomic E-state index is 14.0. The first-order valence-electron chi connectivity index (χ1n) is 6.82. The normalized spacial score (nSPS) is 23.6. The average molecular weight is 386 g/mol. The molecule has 1 aromatic rings. The summed E-state index contributed by atoms with van der Waals surface area (Å²) in [5.41, 5.74) is -4.21. The number of aryl methyl sites for hydroxylation is 1. The van der Waals surface area contributed by atoms with Gasteiger partial charge in [-0.05, 0) is 6.42 Å². The third-order valence-electron chi connectivity index (χ3n) is 3.50. The molecule has 1 heterocycles. The highest BCUT2D eigenvalue weighted by Gasteiger charge is 2.54. The molecule has 2 atom stereocenters. The van der Waals surface area contributed by atoms with Crippen molar-refractivity contribution in [1.82, 2.24) is 9.78 Å². The summed E-state index contributed by atoms with van der Waals surface area (Å²) in [7, 11) is 0. The Morgan fingerprint density at radius 1 is 1.20 bits per heavy atom. The van der Waals surface area contributed by atoms with E-state index >= 15 is 0 Å². The Morgan fingerprint density at radius 2 is 1.80 bits per heavy atom. The predicted molar refractivity (Wildman–Crippen MR) is 62.2 cm³/mol. The van der Waals surface area contributed by atoms with Gasteiger partial charge >= 0.3 is 12.5 Å². The highest BCUT2D eigenvalue weighted by molar-refractivity contribution is 5.36. The molecule has 1 N–H and O–H groups in total. The SMILES string of the molecule is O[C@H]1c2c(C(F)(F)F)nn(CCCOC(F)(F)F)c2[C@@H](F)CC1(F)F. The third kappa shape index (κ3) is 4.19. The fourth-order valence-corrected chi connectivity index (χ4v) is 2.53. The minimum atomic E-state index is -5.26. The zero-order valence-electron chi connectivity index (χ0n) is 12.1. The number of aliphatic hydroxyl groups excluding tert-OH is 1. The van der Waals surface area contributed by atoms with Crippen LogP contribution in [0.25, 0.3) is 0 Å². The van der Waals surface area contributed by atoms with Gasteiger partial charge in [0.1, 0.15) is 12.3 Å². The summed E-state index contributed by atoms with van der Waals surface area (Å²) >= 11 is 0. The van der Waals surface area contributed by atoms with Crippen molar-refractivity contribution in [3.05, 3.63) is 17.0 Å². The first-order chi connectivity index (χ1) is 11.2. The number of aromatic nitrogens is 2. The van der Waals surface area contributed by atoms with Gasteiger partial charge in [-0.2, -0.15) is 18.3 Å². The van der Waals surface area contributed by atoms with Gasteiger partial charge in [-0.1, -0.05) is 0 Å². The molecule has 1 aromatic heterocycles. The van der Waals surface area contributed by atoms with Crippen molar-refractivity contribution in [2.24, 2.45) is 0 Å². The molecule has 0 saturated heterocycles. The average Bonchev–Trinajstić information content (AvgIpc) is 2.79. The molecule has 4 nitrogen and oxygen atoms in total. The zero-order chi connectivity index (χ0) is 19.2. The number of nitrogens with zero attached hydrogens (tertiary/aromatic N) is 2. The summed E-state index contributed by atoms with van der Waals surface area (Å²) in [6, 6.07) is 0. The molecule has 0 aromatic carbocycles. The van der Waals surface area contributed by atoms with E-state index in [-0.39, 0.29) is 0 Å². The van der Waals surface area contributed by atoms with Crippen LogP contribution in [0.2, 0.25) is 0 Å². The van der Waals surface area contributed by atoms with Gasteiger partial charge in [-0.15, -0.1) is 13.2 Å². The van der Waals surface area contributed by atoms with E-state index in [4.69, 9.17) is 0 Å². The summed E-state index contributed by atoms with van der Waals surface area (Å²) < 4.78 is 119. The Bertz CT molecular complexity index is 623. The van der Waals surface area contributed by atoms with Crippen LogP contribution in [0.15, 0.2) is 0 Å². The molecular weight excluding hydrogens is 375 g/mol. The molecule has 0 fully saturated rings. The molecule has 13 heteroatoms. The Labute approximate surface area is 134 Å². The summed E-state index contributed by atoms with van der Waals surface area (Å²) in [6.45, 7) is -1.59. The highest BCUT2D eigenvalue weighted by atomic mass is 19.4. The van der Waals surface area contributed by atoms with Gasteiger partial charge in [0.15, 0.2) is 5.69 Å². The number of ether oxygens (including phenoxy) is 1. The zero-order valence-corrected chi connectivity index (χ0v) is 12.1. The molecule has 0 spiro atoms. The van der Waals surface area contributed by atoms with Gasteiger partial charge in [0, 0.05) is 12.1 Å². The first kappa shape index (κ1) is 19.8. The minimum Gasteiger partial charge on any atom is -0.382 e. The van der Waals surface area contributed by atoms with Gasteiger partial charge in [0.25, 0.3) is 5.92 Å². The van der Waals surface area contributed by atoms with E-state index in [2.05, 4.69) is 9.84 Å².